The van der Waals surface area contributed by atoms with Gasteiger partial charge in [-0.1, -0.05) is 6.42 Å². The third-order valence-electron chi connectivity index (χ3n) is 2.57. The average molecular weight is 217 g/mol. The Kier molecular flexibility index (Phi) is 3.13. The van der Waals surface area contributed by atoms with Crippen LogP contribution in [0.3, 0.4) is 0 Å². The van der Waals surface area contributed by atoms with Gasteiger partial charge in [-0.2, -0.15) is 0 Å². The van der Waals surface area contributed by atoms with E-state index >= 15 is 0 Å². The van der Waals surface area contributed by atoms with Gasteiger partial charge in [-0.3, -0.25) is 0 Å². The summed E-state index contributed by atoms with van der Waals surface area (Å²) >= 11 is 1.16. The summed E-state index contributed by atoms with van der Waals surface area (Å²) in [5, 5.41) is 5.20. The third-order valence-corrected chi connectivity index (χ3v) is 3.53. The van der Waals surface area contributed by atoms with Gasteiger partial charge < -0.3 is 5.32 Å². The molecule has 0 aliphatic carbocycles. The van der Waals surface area contributed by atoms with E-state index in [4.69, 9.17) is 0 Å². The van der Waals surface area contributed by atoms with E-state index in [1.807, 2.05) is 5.38 Å². The summed E-state index contributed by atoms with van der Waals surface area (Å²) in [4.78, 5) is 0.187. The fourth-order valence-electron chi connectivity index (χ4n) is 1.80. The second-order valence-electron chi connectivity index (χ2n) is 3.59. The summed E-state index contributed by atoms with van der Waals surface area (Å²) in [6.45, 7) is 1.00. The number of thiophene rings is 1. The second-order valence-corrected chi connectivity index (χ2v) is 4.53. The molecule has 1 atom stereocenters. The van der Waals surface area contributed by atoms with E-state index in [2.05, 4.69) is 5.32 Å². The number of alkyl halides is 2. The van der Waals surface area contributed by atoms with Crippen LogP contribution in [0.1, 0.15) is 42.2 Å². The van der Waals surface area contributed by atoms with E-state index in [1.54, 1.807) is 6.07 Å². The highest BCUT2D eigenvalue weighted by molar-refractivity contribution is 7.10. The summed E-state index contributed by atoms with van der Waals surface area (Å²) in [5.74, 6) is 0. The van der Waals surface area contributed by atoms with Crippen LogP contribution in [0.15, 0.2) is 11.4 Å². The first kappa shape index (κ1) is 10.1. The summed E-state index contributed by atoms with van der Waals surface area (Å²) in [7, 11) is 0. The van der Waals surface area contributed by atoms with Gasteiger partial charge in [0.2, 0.25) is 0 Å². The van der Waals surface area contributed by atoms with Gasteiger partial charge in [-0.05, 0) is 36.4 Å². The predicted octanol–water partition coefficient (Wildman–Crippen LogP) is 3.50. The third kappa shape index (κ3) is 2.12. The van der Waals surface area contributed by atoms with Crippen molar-refractivity contribution in [2.24, 2.45) is 0 Å². The van der Waals surface area contributed by atoms with E-state index in [9.17, 15) is 8.78 Å². The number of rotatable bonds is 2. The Hall–Kier alpha value is -0.480. The Labute approximate surface area is 86.1 Å². The highest BCUT2D eigenvalue weighted by Crippen LogP contribution is 2.31. The Morgan fingerprint density at radius 2 is 2.29 bits per heavy atom. The minimum atomic E-state index is -2.32. The SMILES string of the molecule is FC(F)c1cc(C2CCCCN2)cs1. The molecule has 1 N–H and O–H groups in total. The molecule has 0 aromatic carbocycles. The molecule has 2 heterocycles. The van der Waals surface area contributed by atoms with Crippen molar-refractivity contribution in [2.75, 3.05) is 6.54 Å². The molecule has 78 valence electrons. The molecule has 1 aromatic rings. The second kappa shape index (κ2) is 4.36. The average Bonchev–Trinajstić information content (AvgIpc) is 2.68. The van der Waals surface area contributed by atoms with Crippen LogP contribution in [-0.2, 0) is 0 Å². The van der Waals surface area contributed by atoms with Gasteiger partial charge in [0.25, 0.3) is 6.43 Å². The Morgan fingerprint density at radius 3 is 2.86 bits per heavy atom. The predicted molar refractivity (Wildman–Crippen MR) is 53.9 cm³/mol. The molecule has 1 aliphatic rings. The molecular weight excluding hydrogens is 204 g/mol. The van der Waals surface area contributed by atoms with Crippen molar-refractivity contribution in [3.63, 3.8) is 0 Å². The first-order valence-corrected chi connectivity index (χ1v) is 5.75. The quantitative estimate of drug-likeness (QED) is 0.799. The van der Waals surface area contributed by atoms with Crippen LogP contribution in [0, 0.1) is 0 Å². The summed E-state index contributed by atoms with van der Waals surface area (Å²) < 4.78 is 24.7. The maximum absolute atomic E-state index is 12.3. The van der Waals surface area contributed by atoms with Crippen molar-refractivity contribution >= 4 is 11.3 Å². The lowest BCUT2D eigenvalue weighted by molar-refractivity contribution is 0.155. The van der Waals surface area contributed by atoms with Gasteiger partial charge in [-0.15, -0.1) is 11.3 Å². The fraction of sp³-hybridized carbons (Fsp3) is 0.600. The normalized spacial score (nSPS) is 22.9. The van der Waals surface area contributed by atoms with E-state index < -0.39 is 6.43 Å². The zero-order valence-corrected chi connectivity index (χ0v) is 8.62. The van der Waals surface area contributed by atoms with E-state index in [1.165, 1.54) is 12.8 Å². The number of halogens is 2. The first-order valence-electron chi connectivity index (χ1n) is 4.87. The molecule has 1 unspecified atom stereocenters. The smallest absolute Gasteiger partial charge is 0.272 e. The molecule has 1 saturated heterocycles. The maximum atomic E-state index is 12.3. The van der Waals surface area contributed by atoms with E-state index in [0.29, 0.717) is 6.04 Å². The molecule has 1 fully saturated rings. The molecular formula is C10H13F2NS. The molecule has 1 aromatic heterocycles. The molecule has 0 bridgehead atoms. The lowest BCUT2D eigenvalue weighted by Crippen LogP contribution is -2.26. The van der Waals surface area contributed by atoms with Crippen molar-refractivity contribution in [1.29, 1.82) is 0 Å². The summed E-state index contributed by atoms with van der Waals surface area (Å²) in [6, 6.07) is 1.94. The van der Waals surface area contributed by atoms with E-state index in [0.717, 1.165) is 29.9 Å². The molecule has 1 nitrogen and oxygen atoms in total. The topological polar surface area (TPSA) is 12.0 Å². The highest BCUT2D eigenvalue weighted by Gasteiger charge is 2.18. The molecule has 0 spiro atoms. The molecule has 2 rings (SSSR count). The minimum Gasteiger partial charge on any atom is -0.310 e. The van der Waals surface area contributed by atoms with Gasteiger partial charge in [-0.25, -0.2) is 8.78 Å². The molecule has 1 aliphatic heterocycles. The number of hydrogen-bond acceptors (Lipinski definition) is 2. The van der Waals surface area contributed by atoms with Gasteiger partial charge in [0, 0.05) is 6.04 Å². The van der Waals surface area contributed by atoms with Gasteiger partial charge in [0.05, 0.1) is 4.88 Å². The van der Waals surface area contributed by atoms with Crippen molar-refractivity contribution < 1.29 is 8.78 Å². The summed E-state index contributed by atoms with van der Waals surface area (Å²) in [5.41, 5.74) is 1.03. The van der Waals surface area contributed by atoms with Crippen LogP contribution in [-0.4, -0.2) is 6.54 Å². The first-order chi connectivity index (χ1) is 6.77. The highest BCUT2D eigenvalue weighted by atomic mass is 32.1. The van der Waals surface area contributed by atoms with Crippen LogP contribution in [0.4, 0.5) is 8.78 Å². The van der Waals surface area contributed by atoms with Crippen LogP contribution in [0.5, 0.6) is 0 Å². The minimum absolute atomic E-state index is 0.187. The van der Waals surface area contributed by atoms with E-state index in [-0.39, 0.29) is 4.88 Å². The lowest BCUT2D eigenvalue weighted by Gasteiger charge is -2.22. The van der Waals surface area contributed by atoms with Gasteiger partial charge in [0.15, 0.2) is 0 Å². The van der Waals surface area contributed by atoms with Crippen molar-refractivity contribution in [2.45, 2.75) is 31.7 Å². The molecule has 14 heavy (non-hydrogen) atoms. The van der Waals surface area contributed by atoms with Crippen molar-refractivity contribution in [3.05, 3.63) is 21.9 Å². The van der Waals surface area contributed by atoms with Crippen LogP contribution in [0.2, 0.25) is 0 Å². The Morgan fingerprint density at radius 1 is 1.43 bits per heavy atom. The van der Waals surface area contributed by atoms with Gasteiger partial charge >= 0.3 is 0 Å². The zero-order chi connectivity index (χ0) is 9.97. The standard InChI is InChI=1S/C10H13F2NS/c11-10(12)9-5-7(6-14-9)8-3-1-2-4-13-8/h5-6,8,10,13H,1-4H2. The molecule has 0 amide bonds. The summed E-state index contributed by atoms with van der Waals surface area (Å²) in [6.07, 6.45) is 1.14. The van der Waals surface area contributed by atoms with Crippen LogP contribution >= 0.6 is 11.3 Å². The fourth-order valence-corrected chi connectivity index (χ4v) is 2.61. The van der Waals surface area contributed by atoms with Crippen LogP contribution < -0.4 is 5.32 Å². The number of piperidine rings is 1. The molecule has 0 saturated carbocycles. The Bertz CT molecular complexity index is 292. The van der Waals surface area contributed by atoms with Crippen molar-refractivity contribution in [1.82, 2.24) is 5.32 Å². The largest absolute Gasteiger partial charge is 0.310 e. The zero-order valence-electron chi connectivity index (χ0n) is 7.80. The van der Waals surface area contributed by atoms with Gasteiger partial charge in [0.1, 0.15) is 0 Å². The maximum Gasteiger partial charge on any atom is 0.272 e. The van der Waals surface area contributed by atoms with Crippen molar-refractivity contribution in [3.8, 4) is 0 Å². The Balaban J connectivity index is 2.07. The molecule has 4 heteroatoms. The van der Waals surface area contributed by atoms with Crippen LogP contribution in [0.25, 0.3) is 0 Å². The molecule has 0 radical (unpaired) electrons. The number of hydrogen-bond donors (Lipinski definition) is 1. The number of nitrogens with one attached hydrogen (secondary N) is 1. The lowest BCUT2D eigenvalue weighted by atomic mass is 10.00. The monoisotopic (exact) mass is 217 g/mol.